The fourth-order valence-electron chi connectivity index (χ4n) is 3.44. The van der Waals surface area contributed by atoms with Crippen molar-refractivity contribution >= 4 is 47.1 Å². The summed E-state index contributed by atoms with van der Waals surface area (Å²) in [6, 6.07) is 3.29. The lowest BCUT2D eigenvalue weighted by molar-refractivity contribution is -0.114. The average molecular weight is 404 g/mol. The molecule has 5 heteroatoms. The summed E-state index contributed by atoms with van der Waals surface area (Å²) >= 11 is 3.70. The molecule has 0 saturated carbocycles. The summed E-state index contributed by atoms with van der Waals surface area (Å²) in [5.74, 6) is -0.636. The van der Waals surface area contributed by atoms with E-state index in [1.165, 1.54) is 11.2 Å². The topological polar surface area (TPSA) is 43.1 Å². The number of benzene rings is 1. The Morgan fingerprint density at radius 2 is 2.08 bits per heavy atom. The minimum atomic E-state index is -0.846. The number of hydrogen-bond acceptors (Lipinski definition) is 1. The van der Waals surface area contributed by atoms with Crippen LogP contribution in [0.2, 0.25) is 13.1 Å². The van der Waals surface area contributed by atoms with Gasteiger partial charge in [-0.1, -0.05) is 58.9 Å². The van der Waals surface area contributed by atoms with Crippen LogP contribution in [0.15, 0.2) is 35.4 Å². The van der Waals surface area contributed by atoms with E-state index in [9.17, 15) is 9.18 Å². The van der Waals surface area contributed by atoms with E-state index in [0.29, 0.717) is 17.6 Å². The number of alkyl halides is 1. The number of nitrogens with two attached hydrogens (primary N) is 1. The van der Waals surface area contributed by atoms with Crippen molar-refractivity contribution in [2.45, 2.75) is 31.3 Å². The number of rotatable bonds is 2. The van der Waals surface area contributed by atoms with Crippen LogP contribution in [0.25, 0.3) is 11.6 Å². The molecule has 124 valence electrons. The second-order valence-corrected chi connectivity index (χ2v) is 10.0. The highest BCUT2D eigenvalue weighted by atomic mass is 79.9. The van der Waals surface area contributed by atoms with Crippen molar-refractivity contribution in [3.8, 4) is 0 Å². The van der Waals surface area contributed by atoms with E-state index in [1.54, 1.807) is 12.1 Å². The number of allylic oxidation sites excluding steroid dienone is 3. The van der Waals surface area contributed by atoms with Crippen LogP contribution >= 0.6 is 15.9 Å². The van der Waals surface area contributed by atoms with E-state index in [0.717, 1.165) is 22.3 Å². The molecule has 0 heterocycles. The fourth-order valence-corrected chi connectivity index (χ4v) is 6.61. The number of carbonyl (C=O) groups excluding carboxylic acids is 1. The Morgan fingerprint density at radius 1 is 1.38 bits per heavy atom. The zero-order valence-corrected chi connectivity index (χ0v) is 16.5. The monoisotopic (exact) mass is 403 g/mol. The van der Waals surface area contributed by atoms with Gasteiger partial charge in [0.05, 0.1) is 4.83 Å². The molecule has 2 nitrogen and oxygen atoms in total. The quantitative estimate of drug-likeness (QED) is 0.590. The predicted octanol–water partition coefficient (Wildman–Crippen LogP) is 3.87. The molecule has 0 radical (unpaired) electrons. The number of amides is 1. The smallest absolute Gasteiger partial charge is 0.249 e. The van der Waals surface area contributed by atoms with E-state index in [4.69, 9.17) is 5.73 Å². The van der Waals surface area contributed by atoms with Gasteiger partial charge in [-0.25, -0.2) is 4.39 Å². The molecule has 2 aliphatic rings. The molecule has 0 spiro atoms. The third kappa shape index (κ3) is 2.80. The van der Waals surface area contributed by atoms with E-state index < -0.39 is 14.3 Å². The Kier molecular flexibility index (Phi) is 4.58. The molecule has 0 bridgehead atoms. The highest BCUT2D eigenvalue weighted by Gasteiger charge is 2.28. The van der Waals surface area contributed by atoms with Crippen LogP contribution in [0.1, 0.15) is 23.6 Å². The van der Waals surface area contributed by atoms with Gasteiger partial charge in [-0.05, 0) is 46.8 Å². The molecule has 1 unspecified atom stereocenters. The molecule has 0 fully saturated rings. The lowest BCUT2D eigenvalue weighted by Crippen LogP contribution is -2.29. The summed E-state index contributed by atoms with van der Waals surface area (Å²) in [4.78, 5) is 12.1. The van der Waals surface area contributed by atoms with Crippen molar-refractivity contribution in [2.24, 2.45) is 5.73 Å². The number of halogens is 2. The number of fused-ring (bicyclic) bond motifs is 1. The SMILES string of the molecule is CC1=Cc2c(C3=C(C(N)=O)C=CC(Br)C3=[Si](C)C)ccc(F)c2C1. The average Bonchev–Trinajstić information content (AvgIpc) is 2.89. The van der Waals surface area contributed by atoms with Gasteiger partial charge in [0.25, 0.3) is 0 Å². The van der Waals surface area contributed by atoms with Crippen molar-refractivity contribution in [3.63, 3.8) is 0 Å². The van der Waals surface area contributed by atoms with E-state index in [-0.39, 0.29) is 10.6 Å². The normalized spacial score (nSPS) is 19.5. The van der Waals surface area contributed by atoms with Gasteiger partial charge < -0.3 is 5.73 Å². The summed E-state index contributed by atoms with van der Waals surface area (Å²) in [7, 11) is -0.846. The van der Waals surface area contributed by atoms with Gasteiger partial charge in [0.2, 0.25) is 5.91 Å². The fraction of sp³-hybridized carbons (Fsp3) is 0.263. The zero-order valence-electron chi connectivity index (χ0n) is 13.9. The summed E-state index contributed by atoms with van der Waals surface area (Å²) in [6.07, 6.45) is 6.39. The molecule has 1 atom stereocenters. The summed E-state index contributed by atoms with van der Waals surface area (Å²) in [5.41, 5.74) is 10.7. The lowest BCUT2D eigenvalue weighted by Gasteiger charge is -2.25. The van der Waals surface area contributed by atoms with Crippen molar-refractivity contribution in [2.75, 3.05) is 0 Å². The van der Waals surface area contributed by atoms with Crippen LogP contribution in [0, 0.1) is 5.82 Å². The van der Waals surface area contributed by atoms with Crippen LogP contribution in [0.3, 0.4) is 0 Å². The summed E-state index contributed by atoms with van der Waals surface area (Å²) < 4.78 is 14.2. The van der Waals surface area contributed by atoms with Crippen LogP contribution < -0.4 is 5.73 Å². The molecule has 1 aromatic carbocycles. The molecular formula is C19H19BrFNOSi. The second kappa shape index (κ2) is 6.37. The molecule has 3 rings (SSSR count). The van der Waals surface area contributed by atoms with E-state index in [2.05, 4.69) is 29.0 Å². The summed E-state index contributed by atoms with van der Waals surface area (Å²) in [6.45, 7) is 6.38. The Hall–Kier alpha value is -1.59. The third-order valence-electron chi connectivity index (χ3n) is 4.47. The lowest BCUT2D eigenvalue weighted by atomic mass is 9.87. The van der Waals surface area contributed by atoms with Crippen molar-refractivity contribution < 1.29 is 9.18 Å². The molecule has 24 heavy (non-hydrogen) atoms. The van der Waals surface area contributed by atoms with Gasteiger partial charge in [-0.2, -0.15) is 0 Å². The predicted molar refractivity (Wildman–Crippen MR) is 104 cm³/mol. The molecule has 0 aromatic heterocycles. The van der Waals surface area contributed by atoms with Crippen LogP contribution in [0.5, 0.6) is 0 Å². The molecule has 1 aromatic rings. The van der Waals surface area contributed by atoms with Gasteiger partial charge in [-0.15, -0.1) is 0 Å². The van der Waals surface area contributed by atoms with Crippen LogP contribution in [0.4, 0.5) is 4.39 Å². The first-order valence-electron chi connectivity index (χ1n) is 7.84. The van der Waals surface area contributed by atoms with E-state index in [1.807, 2.05) is 19.1 Å². The van der Waals surface area contributed by atoms with Gasteiger partial charge in [0, 0.05) is 14.0 Å². The maximum absolute atomic E-state index is 14.2. The van der Waals surface area contributed by atoms with Gasteiger partial charge >= 0.3 is 0 Å². The van der Waals surface area contributed by atoms with E-state index >= 15 is 0 Å². The van der Waals surface area contributed by atoms with Crippen LogP contribution in [-0.2, 0) is 11.2 Å². The standard InChI is InChI=1S/C19H19BrFNOSi/c1-10-8-13-11(5-7-16(21)14(13)9-10)17-12(19(22)23)4-6-15(20)18(17)24(2)3/h4-8,15H,9H2,1-3H3,(H2,22,23). The molecule has 2 aliphatic carbocycles. The number of carbonyl (C=O) groups is 1. The minimum absolute atomic E-state index is 0.0756. The first-order chi connectivity index (χ1) is 11.3. The second-order valence-electron chi connectivity index (χ2n) is 6.48. The van der Waals surface area contributed by atoms with Crippen molar-refractivity contribution in [1.29, 1.82) is 0 Å². The number of primary amides is 1. The largest absolute Gasteiger partial charge is 0.366 e. The first-order valence-corrected chi connectivity index (χ1v) is 11.3. The molecular weight excluding hydrogens is 385 g/mol. The Morgan fingerprint density at radius 3 is 2.71 bits per heavy atom. The minimum Gasteiger partial charge on any atom is -0.366 e. The molecule has 2 N–H and O–H groups in total. The van der Waals surface area contributed by atoms with Gasteiger partial charge in [0.1, 0.15) is 5.82 Å². The maximum atomic E-state index is 14.2. The highest BCUT2D eigenvalue weighted by molar-refractivity contribution is 9.10. The Labute approximate surface area is 151 Å². The third-order valence-corrected chi connectivity index (χ3v) is 7.29. The highest BCUT2D eigenvalue weighted by Crippen LogP contribution is 2.37. The van der Waals surface area contributed by atoms with Crippen LogP contribution in [-0.4, -0.2) is 24.3 Å². The molecule has 1 amide bonds. The van der Waals surface area contributed by atoms with Crippen molar-refractivity contribution in [1.82, 2.24) is 0 Å². The Bertz CT molecular complexity index is 876. The van der Waals surface area contributed by atoms with Gasteiger partial charge in [0.15, 0.2) is 0 Å². The van der Waals surface area contributed by atoms with Gasteiger partial charge in [-0.3, -0.25) is 4.79 Å². The Balaban J connectivity index is 2.37. The first kappa shape index (κ1) is 17.2. The maximum Gasteiger partial charge on any atom is 0.249 e. The summed E-state index contributed by atoms with van der Waals surface area (Å²) in [5, 5.41) is 1.20. The van der Waals surface area contributed by atoms with Crippen molar-refractivity contribution in [3.05, 3.63) is 57.9 Å². The molecule has 0 aliphatic heterocycles. The molecule has 0 saturated heterocycles. The zero-order chi connectivity index (χ0) is 17.6. The number of hydrogen-bond donors (Lipinski definition) is 1.